The highest BCUT2D eigenvalue weighted by Crippen LogP contribution is 2.32. The van der Waals surface area contributed by atoms with E-state index in [-0.39, 0.29) is 5.91 Å². The molecule has 1 amide bonds. The minimum absolute atomic E-state index is 0.350. The second-order valence-corrected chi connectivity index (χ2v) is 5.93. The van der Waals surface area contributed by atoms with E-state index in [0.717, 1.165) is 0 Å². The molecule has 1 aromatic heterocycles. The fourth-order valence-electron chi connectivity index (χ4n) is 2.09. The van der Waals surface area contributed by atoms with Gasteiger partial charge < -0.3 is 10.6 Å². The number of hydrogen-bond acceptors (Lipinski definition) is 3. The first-order chi connectivity index (χ1) is 12.0. The fourth-order valence-corrected chi connectivity index (χ4v) is 2.58. The molecular formula is C18H12Cl2FN3O. The number of pyridine rings is 1. The maximum atomic E-state index is 12.9. The number of carbonyl (C=O) groups excluding carboxylic acids is 1. The maximum absolute atomic E-state index is 12.9. The van der Waals surface area contributed by atoms with Gasteiger partial charge in [-0.2, -0.15) is 0 Å². The summed E-state index contributed by atoms with van der Waals surface area (Å²) in [4.78, 5) is 16.3. The van der Waals surface area contributed by atoms with Gasteiger partial charge in [-0.25, -0.2) is 9.37 Å². The van der Waals surface area contributed by atoms with Crippen LogP contribution >= 0.6 is 23.2 Å². The Morgan fingerprint density at radius 3 is 2.24 bits per heavy atom. The number of hydrogen-bond donors (Lipinski definition) is 2. The first kappa shape index (κ1) is 17.2. The molecule has 0 radical (unpaired) electrons. The van der Waals surface area contributed by atoms with E-state index in [0.29, 0.717) is 32.8 Å². The third kappa shape index (κ3) is 4.26. The zero-order valence-corrected chi connectivity index (χ0v) is 14.3. The first-order valence-corrected chi connectivity index (χ1v) is 8.02. The van der Waals surface area contributed by atoms with E-state index >= 15 is 0 Å². The molecule has 0 spiro atoms. The second-order valence-electron chi connectivity index (χ2n) is 5.11. The van der Waals surface area contributed by atoms with Gasteiger partial charge in [0.15, 0.2) is 0 Å². The first-order valence-electron chi connectivity index (χ1n) is 7.27. The summed E-state index contributed by atoms with van der Waals surface area (Å²) in [5.41, 5.74) is 1.41. The SMILES string of the molecule is O=C(Nc1ccc(Nc2c(Cl)cccc2Cl)nc1)c1ccc(F)cc1. The van der Waals surface area contributed by atoms with Crippen molar-refractivity contribution in [3.63, 3.8) is 0 Å². The van der Waals surface area contributed by atoms with Crippen LogP contribution in [0.1, 0.15) is 10.4 Å². The Hall–Kier alpha value is -2.63. The maximum Gasteiger partial charge on any atom is 0.255 e. The zero-order valence-electron chi connectivity index (χ0n) is 12.8. The van der Waals surface area contributed by atoms with Gasteiger partial charge in [0.25, 0.3) is 5.91 Å². The zero-order chi connectivity index (χ0) is 17.8. The average Bonchev–Trinajstić information content (AvgIpc) is 2.60. The molecule has 7 heteroatoms. The van der Waals surface area contributed by atoms with Crippen molar-refractivity contribution in [1.29, 1.82) is 0 Å². The molecule has 0 aliphatic carbocycles. The molecule has 0 aliphatic rings. The highest BCUT2D eigenvalue weighted by Gasteiger charge is 2.08. The number of anilines is 3. The number of benzene rings is 2. The molecule has 25 heavy (non-hydrogen) atoms. The minimum atomic E-state index is -0.396. The lowest BCUT2D eigenvalue weighted by molar-refractivity contribution is 0.102. The number of nitrogens with one attached hydrogen (secondary N) is 2. The summed E-state index contributed by atoms with van der Waals surface area (Å²) in [5, 5.41) is 6.67. The molecule has 126 valence electrons. The van der Waals surface area contributed by atoms with Crippen LogP contribution in [0.3, 0.4) is 0 Å². The van der Waals surface area contributed by atoms with Crippen LogP contribution in [0.5, 0.6) is 0 Å². The summed E-state index contributed by atoms with van der Waals surface area (Å²) >= 11 is 12.2. The fraction of sp³-hybridized carbons (Fsp3) is 0. The van der Waals surface area contributed by atoms with Gasteiger partial charge in [-0.3, -0.25) is 4.79 Å². The number of para-hydroxylation sites is 1. The molecule has 3 aromatic rings. The van der Waals surface area contributed by atoms with Crippen LogP contribution in [-0.2, 0) is 0 Å². The molecule has 0 saturated carbocycles. The Labute approximate surface area is 153 Å². The van der Waals surface area contributed by atoms with Crippen molar-refractivity contribution in [2.24, 2.45) is 0 Å². The molecule has 0 saturated heterocycles. The number of rotatable bonds is 4. The normalized spacial score (nSPS) is 10.4. The van der Waals surface area contributed by atoms with Gasteiger partial charge >= 0.3 is 0 Å². The van der Waals surface area contributed by atoms with E-state index in [4.69, 9.17) is 23.2 Å². The molecule has 0 bridgehead atoms. The lowest BCUT2D eigenvalue weighted by Crippen LogP contribution is -2.12. The monoisotopic (exact) mass is 375 g/mol. The molecule has 2 N–H and O–H groups in total. The van der Waals surface area contributed by atoms with Crippen molar-refractivity contribution in [1.82, 2.24) is 4.98 Å². The molecule has 4 nitrogen and oxygen atoms in total. The van der Waals surface area contributed by atoms with Gasteiger partial charge in [0.05, 0.1) is 27.6 Å². The van der Waals surface area contributed by atoms with Crippen molar-refractivity contribution in [3.05, 3.63) is 82.2 Å². The van der Waals surface area contributed by atoms with E-state index in [9.17, 15) is 9.18 Å². The third-order valence-corrected chi connectivity index (χ3v) is 3.97. The van der Waals surface area contributed by atoms with Crippen molar-refractivity contribution >= 4 is 46.3 Å². The summed E-state index contributed by atoms with van der Waals surface area (Å²) in [6, 6.07) is 13.8. The van der Waals surface area contributed by atoms with E-state index in [2.05, 4.69) is 15.6 Å². The molecule has 0 atom stereocenters. The quantitative estimate of drug-likeness (QED) is 0.630. The standard InChI is InChI=1S/C18H12Cl2FN3O/c19-14-2-1-3-15(20)17(14)24-16-9-8-13(10-22-16)23-18(25)11-4-6-12(21)7-5-11/h1-10H,(H,22,24)(H,23,25). The Kier molecular flexibility index (Phi) is 5.16. The van der Waals surface area contributed by atoms with Gasteiger partial charge in [-0.15, -0.1) is 0 Å². The minimum Gasteiger partial charge on any atom is -0.338 e. The summed E-state index contributed by atoms with van der Waals surface area (Å²) < 4.78 is 12.9. The molecule has 3 rings (SSSR count). The van der Waals surface area contributed by atoms with Crippen LogP contribution < -0.4 is 10.6 Å². The van der Waals surface area contributed by atoms with Gasteiger partial charge in [0.1, 0.15) is 11.6 Å². The van der Waals surface area contributed by atoms with Crippen molar-refractivity contribution in [2.45, 2.75) is 0 Å². The largest absolute Gasteiger partial charge is 0.338 e. The molecule has 1 heterocycles. The van der Waals surface area contributed by atoms with Crippen molar-refractivity contribution in [3.8, 4) is 0 Å². The third-order valence-electron chi connectivity index (χ3n) is 3.34. The number of aromatic nitrogens is 1. The summed E-state index contributed by atoms with van der Waals surface area (Å²) in [5.74, 6) is -0.224. The molecular weight excluding hydrogens is 364 g/mol. The van der Waals surface area contributed by atoms with E-state index in [1.165, 1.54) is 30.5 Å². The van der Waals surface area contributed by atoms with Gasteiger partial charge in [0, 0.05) is 5.56 Å². The van der Waals surface area contributed by atoms with Crippen LogP contribution in [0.25, 0.3) is 0 Å². The van der Waals surface area contributed by atoms with Crippen molar-refractivity contribution < 1.29 is 9.18 Å². The Balaban J connectivity index is 1.70. The van der Waals surface area contributed by atoms with Crippen LogP contribution in [-0.4, -0.2) is 10.9 Å². The topological polar surface area (TPSA) is 54.0 Å². The summed E-state index contributed by atoms with van der Waals surface area (Å²) in [7, 11) is 0. The Bertz CT molecular complexity index is 879. The summed E-state index contributed by atoms with van der Waals surface area (Å²) in [6.45, 7) is 0. The van der Waals surface area contributed by atoms with Crippen LogP contribution in [0.15, 0.2) is 60.8 Å². The predicted molar refractivity (Wildman–Crippen MR) is 98.3 cm³/mol. The number of nitrogens with zero attached hydrogens (tertiary/aromatic N) is 1. The number of carbonyl (C=O) groups is 1. The molecule has 0 fully saturated rings. The lowest BCUT2D eigenvalue weighted by atomic mass is 10.2. The average molecular weight is 376 g/mol. The molecule has 0 unspecified atom stereocenters. The van der Waals surface area contributed by atoms with Crippen molar-refractivity contribution in [2.75, 3.05) is 10.6 Å². The van der Waals surface area contributed by atoms with E-state index < -0.39 is 5.82 Å². The van der Waals surface area contributed by atoms with Crippen LogP contribution in [0, 0.1) is 5.82 Å². The predicted octanol–water partition coefficient (Wildman–Crippen LogP) is 5.52. The van der Waals surface area contributed by atoms with E-state index in [1.54, 1.807) is 30.3 Å². The summed E-state index contributed by atoms with van der Waals surface area (Å²) in [6.07, 6.45) is 1.49. The van der Waals surface area contributed by atoms with Gasteiger partial charge in [-0.05, 0) is 48.5 Å². The smallest absolute Gasteiger partial charge is 0.255 e. The molecule has 0 aliphatic heterocycles. The highest BCUT2D eigenvalue weighted by atomic mass is 35.5. The van der Waals surface area contributed by atoms with Gasteiger partial charge in [0.2, 0.25) is 0 Å². The highest BCUT2D eigenvalue weighted by molar-refractivity contribution is 6.39. The number of amides is 1. The Morgan fingerprint density at radius 1 is 0.960 bits per heavy atom. The Morgan fingerprint density at radius 2 is 1.64 bits per heavy atom. The molecule has 2 aromatic carbocycles. The van der Waals surface area contributed by atoms with Crippen LogP contribution in [0.4, 0.5) is 21.6 Å². The van der Waals surface area contributed by atoms with Crippen LogP contribution in [0.2, 0.25) is 10.0 Å². The lowest BCUT2D eigenvalue weighted by Gasteiger charge is -2.10. The van der Waals surface area contributed by atoms with Gasteiger partial charge in [-0.1, -0.05) is 29.3 Å². The van der Waals surface area contributed by atoms with E-state index in [1.807, 2.05) is 0 Å². The number of halogens is 3. The second kappa shape index (κ2) is 7.51.